The topological polar surface area (TPSA) is 81.3 Å². The normalized spacial score (nSPS) is 18.3. The fourth-order valence-electron chi connectivity index (χ4n) is 2.00. The number of ether oxygens (including phenoxy) is 1. The van der Waals surface area contributed by atoms with E-state index in [4.69, 9.17) is 22.7 Å². The van der Waals surface area contributed by atoms with E-state index in [1.165, 1.54) is 10.7 Å². The number of pyridine rings is 1. The first kappa shape index (κ1) is 13.8. The SMILES string of the molecule is Cc1cc(N)n(NC(=S)NC[C@H]2CCCO2)c(=O)c1. The number of aryl methyl sites for hydroxylation is 1. The molecule has 0 aromatic carbocycles. The molecule has 0 spiro atoms. The summed E-state index contributed by atoms with van der Waals surface area (Å²) < 4.78 is 6.69. The van der Waals surface area contributed by atoms with Gasteiger partial charge in [0.2, 0.25) is 0 Å². The highest BCUT2D eigenvalue weighted by atomic mass is 32.1. The molecule has 2 rings (SSSR count). The molecule has 0 aliphatic carbocycles. The van der Waals surface area contributed by atoms with Gasteiger partial charge in [0.15, 0.2) is 5.11 Å². The van der Waals surface area contributed by atoms with Crippen LogP contribution in [0.15, 0.2) is 16.9 Å². The van der Waals surface area contributed by atoms with Gasteiger partial charge in [0.1, 0.15) is 5.82 Å². The van der Waals surface area contributed by atoms with Gasteiger partial charge < -0.3 is 15.8 Å². The number of nitrogens with zero attached hydrogens (tertiary/aromatic N) is 1. The molecule has 0 bridgehead atoms. The first-order valence-corrected chi connectivity index (χ1v) is 6.63. The minimum absolute atomic E-state index is 0.187. The Bertz CT molecular complexity index is 523. The standard InChI is InChI=1S/C12H18N4O2S/c1-8-5-10(13)16(11(17)6-8)15-12(19)14-7-9-3-2-4-18-9/h5-6,9H,2-4,7,13H2,1H3,(H2,14,15,19)/t9-/m1/s1. The van der Waals surface area contributed by atoms with Crippen LogP contribution in [0.5, 0.6) is 0 Å². The molecule has 1 aliphatic rings. The van der Waals surface area contributed by atoms with Crippen LogP contribution in [0.4, 0.5) is 5.82 Å². The maximum absolute atomic E-state index is 11.8. The number of nitrogens with two attached hydrogens (primary N) is 1. The Hall–Kier alpha value is -1.60. The van der Waals surface area contributed by atoms with Crippen molar-refractivity contribution in [2.24, 2.45) is 0 Å². The third kappa shape index (κ3) is 3.68. The van der Waals surface area contributed by atoms with E-state index < -0.39 is 0 Å². The minimum atomic E-state index is -0.237. The van der Waals surface area contributed by atoms with Crippen molar-refractivity contribution in [3.63, 3.8) is 0 Å². The van der Waals surface area contributed by atoms with Gasteiger partial charge in [0.05, 0.1) is 6.10 Å². The van der Waals surface area contributed by atoms with Crippen LogP contribution in [0.2, 0.25) is 0 Å². The summed E-state index contributed by atoms with van der Waals surface area (Å²) >= 11 is 5.13. The lowest BCUT2D eigenvalue weighted by molar-refractivity contribution is 0.114. The summed E-state index contributed by atoms with van der Waals surface area (Å²) in [5, 5.41) is 3.38. The van der Waals surface area contributed by atoms with E-state index in [1.54, 1.807) is 6.07 Å². The van der Waals surface area contributed by atoms with Crippen LogP contribution in [0, 0.1) is 6.92 Å². The third-order valence-corrected chi connectivity index (χ3v) is 3.17. The van der Waals surface area contributed by atoms with Crippen LogP contribution in [0.25, 0.3) is 0 Å². The third-order valence-electron chi connectivity index (χ3n) is 2.93. The van der Waals surface area contributed by atoms with Crippen molar-refractivity contribution in [1.29, 1.82) is 0 Å². The monoisotopic (exact) mass is 282 g/mol. The summed E-state index contributed by atoms with van der Waals surface area (Å²) in [4.78, 5) is 11.8. The first-order valence-electron chi connectivity index (χ1n) is 6.22. The van der Waals surface area contributed by atoms with Gasteiger partial charge in [-0.2, -0.15) is 0 Å². The van der Waals surface area contributed by atoms with E-state index in [0.29, 0.717) is 17.5 Å². The summed E-state index contributed by atoms with van der Waals surface area (Å²) in [6, 6.07) is 3.20. The molecule has 1 fully saturated rings. The van der Waals surface area contributed by atoms with Crippen LogP contribution in [0.1, 0.15) is 18.4 Å². The number of nitrogen functional groups attached to an aromatic ring is 1. The minimum Gasteiger partial charge on any atom is -0.384 e. The fourth-order valence-corrected chi connectivity index (χ4v) is 2.17. The van der Waals surface area contributed by atoms with Crippen molar-refractivity contribution in [3.8, 4) is 0 Å². The molecule has 1 atom stereocenters. The lowest BCUT2D eigenvalue weighted by Crippen LogP contribution is -2.42. The number of nitrogens with one attached hydrogen (secondary N) is 2. The highest BCUT2D eigenvalue weighted by Crippen LogP contribution is 2.10. The zero-order valence-corrected chi connectivity index (χ0v) is 11.6. The summed E-state index contributed by atoms with van der Waals surface area (Å²) in [5.41, 5.74) is 9.13. The van der Waals surface area contributed by atoms with Gasteiger partial charge in [0, 0.05) is 19.2 Å². The highest BCUT2D eigenvalue weighted by Gasteiger charge is 2.15. The Morgan fingerprint density at radius 3 is 3.05 bits per heavy atom. The van der Waals surface area contributed by atoms with Crippen molar-refractivity contribution in [3.05, 3.63) is 28.0 Å². The lowest BCUT2D eigenvalue weighted by atomic mass is 10.2. The van der Waals surface area contributed by atoms with E-state index in [-0.39, 0.29) is 11.7 Å². The predicted octanol–water partition coefficient (Wildman–Crippen LogP) is 0.336. The molecule has 2 heterocycles. The van der Waals surface area contributed by atoms with Gasteiger partial charge >= 0.3 is 0 Å². The smallest absolute Gasteiger partial charge is 0.271 e. The van der Waals surface area contributed by atoms with Gasteiger partial charge in [-0.15, -0.1) is 0 Å². The largest absolute Gasteiger partial charge is 0.384 e. The number of anilines is 1. The Morgan fingerprint density at radius 1 is 1.63 bits per heavy atom. The summed E-state index contributed by atoms with van der Waals surface area (Å²) in [6.07, 6.45) is 2.30. The Balaban J connectivity index is 1.93. The van der Waals surface area contributed by atoms with E-state index in [9.17, 15) is 4.79 Å². The summed E-state index contributed by atoms with van der Waals surface area (Å²) in [6.45, 7) is 3.25. The zero-order valence-electron chi connectivity index (χ0n) is 10.8. The van der Waals surface area contributed by atoms with Crippen molar-refractivity contribution in [2.45, 2.75) is 25.9 Å². The molecule has 1 aliphatic heterocycles. The molecule has 1 aromatic heterocycles. The van der Waals surface area contributed by atoms with Crippen molar-refractivity contribution in [2.75, 3.05) is 24.3 Å². The quantitative estimate of drug-likeness (QED) is 0.694. The highest BCUT2D eigenvalue weighted by molar-refractivity contribution is 7.80. The van der Waals surface area contributed by atoms with Crippen LogP contribution in [0.3, 0.4) is 0 Å². The Morgan fingerprint density at radius 2 is 2.42 bits per heavy atom. The predicted molar refractivity (Wildman–Crippen MR) is 78.8 cm³/mol. The molecule has 19 heavy (non-hydrogen) atoms. The van der Waals surface area contributed by atoms with E-state index in [1.807, 2.05) is 6.92 Å². The lowest BCUT2D eigenvalue weighted by Gasteiger charge is -2.16. The van der Waals surface area contributed by atoms with Gasteiger partial charge in [-0.25, -0.2) is 4.68 Å². The Labute approximate surface area is 116 Å². The first-order chi connectivity index (χ1) is 9.06. The van der Waals surface area contributed by atoms with Crippen molar-refractivity contribution in [1.82, 2.24) is 9.99 Å². The summed E-state index contributed by atoms with van der Waals surface area (Å²) in [7, 11) is 0. The molecular formula is C12H18N4O2S. The van der Waals surface area contributed by atoms with Gasteiger partial charge in [-0.3, -0.25) is 10.2 Å². The molecule has 4 N–H and O–H groups in total. The van der Waals surface area contributed by atoms with Crippen LogP contribution in [-0.4, -0.2) is 29.0 Å². The molecule has 1 saturated heterocycles. The molecular weight excluding hydrogens is 264 g/mol. The summed E-state index contributed by atoms with van der Waals surface area (Å²) in [5.74, 6) is 0.325. The average Bonchev–Trinajstić information content (AvgIpc) is 2.84. The van der Waals surface area contributed by atoms with Gasteiger partial charge in [-0.1, -0.05) is 0 Å². The molecule has 6 nitrogen and oxygen atoms in total. The molecule has 0 saturated carbocycles. The van der Waals surface area contributed by atoms with Crippen LogP contribution >= 0.6 is 12.2 Å². The van der Waals surface area contributed by atoms with E-state index in [0.717, 1.165) is 25.0 Å². The molecule has 104 valence electrons. The average molecular weight is 282 g/mol. The second kappa shape index (κ2) is 6.03. The number of rotatable bonds is 3. The molecule has 1 aromatic rings. The molecule has 0 amide bonds. The molecule has 7 heteroatoms. The van der Waals surface area contributed by atoms with Crippen molar-refractivity contribution < 1.29 is 4.74 Å². The number of thiocarbonyl (C=S) groups is 1. The molecule has 0 unspecified atom stereocenters. The van der Waals surface area contributed by atoms with E-state index in [2.05, 4.69) is 10.7 Å². The fraction of sp³-hybridized carbons (Fsp3) is 0.500. The van der Waals surface area contributed by atoms with Crippen LogP contribution in [-0.2, 0) is 4.74 Å². The van der Waals surface area contributed by atoms with Crippen molar-refractivity contribution >= 4 is 23.1 Å². The molecule has 0 radical (unpaired) electrons. The van der Waals surface area contributed by atoms with Gasteiger partial charge in [-0.05, 0) is 43.6 Å². The zero-order chi connectivity index (χ0) is 13.8. The number of hydrogen-bond acceptors (Lipinski definition) is 4. The second-order valence-electron chi connectivity index (χ2n) is 4.59. The maximum Gasteiger partial charge on any atom is 0.271 e. The maximum atomic E-state index is 11.8. The van der Waals surface area contributed by atoms with E-state index >= 15 is 0 Å². The second-order valence-corrected chi connectivity index (χ2v) is 5.00. The van der Waals surface area contributed by atoms with Crippen LogP contribution < -0.4 is 22.0 Å². The Kier molecular flexibility index (Phi) is 4.39. The number of hydrogen-bond donors (Lipinski definition) is 3. The van der Waals surface area contributed by atoms with Gasteiger partial charge in [0.25, 0.3) is 5.56 Å². The number of aromatic nitrogens is 1.